The molecule has 0 radical (unpaired) electrons. The van der Waals surface area contributed by atoms with Gasteiger partial charge in [0.05, 0.1) is 6.61 Å². The Hall–Kier alpha value is -1.31. The molecular weight excluding hydrogens is 200 g/mol. The topological polar surface area (TPSA) is 26.3 Å². The Balaban J connectivity index is 2.20. The maximum Gasteiger partial charge on any atom is 0.138 e. The Labute approximate surface area is 97.6 Å². The summed E-state index contributed by atoms with van der Waals surface area (Å²) in [5.74, 6) is 1.16. The maximum absolute atomic E-state index is 11.6. The smallest absolute Gasteiger partial charge is 0.138 e. The molecule has 0 aromatic heterocycles. The monoisotopic (exact) mass is 220 g/mol. The van der Waals surface area contributed by atoms with Crippen LogP contribution in [0.25, 0.3) is 0 Å². The first-order valence-corrected chi connectivity index (χ1v) is 5.71. The van der Waals surface area contributed by atoms with Gasteiger partial charge in [-0.25, -0.2) is 0 Å². The third-order valence-corrected chi connectivity index (χ3v) is 2.40. The van der Waals surface area contributed by atoms with Gasteiger partial charge in [0.25, 0.3) is 0 Å². The maximum atomic E-state index is 11.6. The van der Waals surface area contributed by atoms with E-state index in [1.807, 2.05) is 51.1 Å². The number of rotatable bonds is 5. The molecule has 2 heteroatoms. The highest BCUT2D eigenvalue weighted by Gasteiger charge is 2.19. The molecule has 0 aliphatic heterocycles. The van der Waals surface area contributed by atoms with E-state index in [1.165, 1.54) is 0 Å². The second-order valence-corrected chi connectivity index (χ2v) is 4.94. The average Bonchev–Trinajstić information content (AvgIpc) is 2.24. The largest absolute Gasteiger partial charge is 0.494 e. The highest BCUT2D eigenvalue weighted by molar-refractivity contribution is 5.83. The molecule has 2 nitrogen and oxygen atoms in total. The summed E-state index contributed by atoms with van der Waals surface area (Å²) in [6.45, 7) is 6.46. The molecule has 0 saturated heterocycles. The third kappa shape index (κ3) is 4.47. The van der Waals surface area contributed by atoms with Crippen molar-refractivity contribution in [3.8, 4) is 5.75 Å². The molecule has 1 rings (SSSR count). The quantitative estimate of drug-likeness (QED) is 0.710. The summed E-state index contributed by atoms with van der Waals surface area (Å²) in [5, 5.41) is 0. The van der Waals surface area contributed by atoms with Crippen LogP contribution in [0.2, 0.25) is 0 Å². The Morgan fingerprint density at radius 3 is 2.38 bits per heavy atom. The molecule has 1 aromatic rings. The number of ether oxygens (including phenoxy) is 1. The summed E-state index contributed by atoms with van der Waals surface area (Å²) in [6.07, 6.45) is 1.38. The minimum atomic E-state index is -0.229. The molecule has 0 amide bonds. The van der Waals surface area contributed by atoms with E-state index in [0.717, 1.165) is 12.2 Å². The molecular formula is C14H20O2. The predicted octanol–water partition coefficient (Wildman–Crippen LogP) is 3.46. The number of Topliss-reactive ketones (excluding diaryl/α,β-unsaturated/α-hetero) is 1. The summed E-state index contributed by atoms with van der Waals surface area (Å²) in [7, 11) is 0. The molecule has 0 heterocycles. The first-order valence-electron chi connectivity index (χ1n) is 5.71. The SMILES string of the molecule is CC(C)(C)C(=O)CCCOc1ccccc1. The predicted molar refractivity (Wildman–Crippen MR) is 65.6 cm³/mol. The minimum Gasteiger partial charge on any atom is -0.494 e. The van der Waals surface area contributed by atoms with Gasteiger partial charge in [0, 0.05) is 11.8 Å². The van der Waals surface area contributed by atoms with Crippen LogP contribution in [0.5, 0.6) is 5.75 Å². The fourth-order valence-electron chi connectivity index (χ4n) is 1.31. The Morgan fingerprint density at radius 1 is 1.19 bits per heavy atom. The molecule has 0 saturated carbocycles. The van der Waals surface area contributed by atoms with Crippen molar-refractivity contribution in [1.82, 2.24) is 0 Å². The summed E-state index contributed by atoms with van der Waals surface area (Å²) in [4.78, 5) is 11.6. The average molecular weight is 220 g/mol. The summed E-state index contributed by atoms with van der Waals surface area (Å²) in [6, 6.07) is 9.68. The summed E-state index contributed by atoms with van der Waals surface area (Å²) >= 11 is 0. The Bertz CT molecular complexity index is 322. The van der Waals surface area contributed by atoms with Crippen molar-refractivity contribution in [2.45, 2.75) is 33.6 Å². The number of hydrogen-bond acceptors (Lipinski definition) is 2. The van der Waals surface area contributed by atoms with E-state index in [0.29, 0.717) is 18.8 Å². The summed E-state index contributed by atoms with van der Waals surface area (Å²) in [5.41, 5.74) is -0.229. The van der Waals surface area contributed by atoms with Gasteiger partial charge in [-0.1, -0.05) is 39.0 Å². The van der Waals surface area contributed by atoms with E-state index in [-0.39, 0.29) is 5.41 Å². The van der Waals surface area contributed by atoms with Crippen LogP contribution in [0.4, 0.5) is 0 Å². The van der Waals surface area contributed by atoms with Crippen LogP contribution in [0.3, 0.4) is 0 Å². The van der Waals surface area contributed by atoms with Crippen molar-refractivity contribution in [2.24, 2.45) is 5.41 Å². The molecule has 0 spiro atoms. The van der Waals surface area contributed by atoms with Crippen molar-refractivity contribution in [1.29, 1.82) is 0 Å². The highest BCUT2D eigenvalue weighted by atomic mass is 16.5. The van der Waals surface area contributed by atoms with Gasteiger partial charge in [0.15, 0.2) is 0 Å². The van der Waals surface area contributed by atoms with Gasteiger partial charge in [-0.2, -0.15) is 0 Å². The van der Waals surface area contributed by atoms with Gasteiger partial charge in [-0.05, 0) is 18.6 Å². The van der Waals surface area contributed by atoms with Crippen LogP contribution in [0.1, 0.15) is 33.6 Å². The first kappa shape index (κ1) is 12.8. The lowest BCUT2D eigenvalue weighted by atomic mass is 9.88. The lowest BCUT2D eigenvalue weighted by molar-refractivity contribution is -0.126. The third-order valence-electron chi connectivity index (χ3n) is 2.40. The van der Waals surface area contributed by atoms with E-state index in [2.05, 4.69) is 0 Å². The highest BCUT2D eigenvalue weighted by Crippen LogP contribution is 2.17. The van der Waals surface area contributed by atoms with Crippen LogP contribution >= 0.6 is 0 Å². The van der Waals surface area contributed by atoms with E-state index in [4.69, 9.17) is 4.74 Å². The molecule has 16 heavy (non-hydrogen) atoms. The molecule has 88 valence electrons. The number of carbonyl (C=O) groups is 1. The van der Waals surface area contributed by atoms with Gasteiger partial charge in [-0.15, -0.1) is 0 Å². The van der Waals surface area contributed by atoms with Crippen LogP contribution in [0, 0.1) is 5.41 Å². The number of hydrogen-bond donors (Lipinski definition) is 0. The molecule has 1 aromatic carbocycles. The van der Waals surface area contributed by atoms with Crippen LogP contribution in [-0.2, 0) is 4.79 Å². The standard InChI is InChI=1S/C14H20O2/c1-14(2,3)13(15)10-7-11-16-12-8-5-4-6-9-12/h4-6,8-9H,7,10-11H2,1-3H3. The van der Waals surface area contributed by atoms with Crippen LogP contribution in [0.15, 0.2) is 30.3 Å². The molecule has 0 aliphatic rings. The zero-order valence-electron chi connectivity index (χ0n) is 10.3. The van der Waals surface area contributed by atoms with E-state index in [9.17, 15) is 4.79 Å². The van der Waals surface area contributed by atoms with Gasteiger partial charge in [0.1, 0.15) is 11.5 Å². The van der Waals surface area contributed by atoms with Crippen molar-refractivity contribution in [3.05, 3.63) is 30.3 Å². The zero-order chi connectivity index (χ0) is 12.0. The lowest BCUT2D eigenvalue weighted by Crippen LogP contribution is -2.20. The van der Waals surface area contributed by atoms with E-state index >= 15 is 0 Å². The first-order chi connectivity index (χ1) is 7.50. The second kappa shape index (κ2) is 5.69. The summed E-state index contributed by atoms with van der Waals surface area (Å²) < 4.78 is 5.52. The number of para-hydroxylation sites is 1. The fourth-order valence-corrected chi connectivity index (χ4v) is 1.31. The van der Waals surface area contributed by atoms with E-state index < -0.39 is 0 Å². The molecule has 0 fully saturated rings. The van der Waals surface area contributed by atoms with Gasteiger partial charge < -0.3 is 4.74 Å². The van der Waals surface area contributed by atoms with Gasteiger partial charge in [0.2, 0.25) is 0 Å². The van der Waals surface area contributed by atoms with Gasteiger partial charge in [-0.3, -0.25) is 4.79 Å². The molecule has 0 unspecified atom stereocenters. The number of carbonyl (C=O) groups excluding carboxylic acids is 1. The Kier molecular flexibility index (Phi) is 4.53. The Morgan fingerprint density at radius 2 is 1.81 bits per heavy atom. The van der Waals surface area contributed by atoms with Crippen molar-refractivity contribution < 1.29 is 9.53 Å². The zero-order valence-corrected chi connectivity index (χ0v) is 10.3. The number of benzene rings is 1. The molecule has 0 N–H and O–H groups in total. The second-order valence-electron chi connectivity index (χ2n) is 4.94. The van der Waals surface area contributed by atoms with Crippen molar-refractivity contribution in [2.75, 3.05) is 6.61 Å². The van der Waals surface area contributed by atoms with Crippen molar-refractivity contribution in [3.63, 3.8) is 0 Å². The molecule has 0 bridgehead atoms. The molecule has 0 aliphatic carbocycles. The normalized spacial score (nSPS) is 11.2. The van der Waals surface area contributed by atoms with Crippen LogP contribution < -0.4 is 4.74 Å². The van der Waals surface area contributed by atoms with Gasteiger partial charge >= 0.3 is 0 Å². The number of ketones is 1. The lowest BCUT2D eigenvalue weighted by Gasteiger charge is -2.16. The van der Waals surface area contributed by atoms with Crippen molar-refractivity contribution >= 4 is 5.78 Å². The fraction of sp³-hybridized carbons (Fsp3) is 0.500. The van der Waals surface area contributed by atoms with Crippen LogP contribution in [-0.4, -0.2) is 12.4 Å². The molecule has 0 atom stereocenters. The minimum absolute atomic E-state index is 0.229. The van der Waals surface area contributed by atoms with E-state index in [1.54, 1.807) is 0 Å².